The summed E-state index contributed by atoms with van der Waals surface area (Å²) < 4.78 is 3.24. The van der Waals surface area contributed by atoms with E-state index in [0.29, 0.717) is 5.82 Å². The Morgan fingerprint density at radius 3 is 2.30 bits per heavy atom. The van der Waals surface area contributed by atoms with E-state index >= 15 is 0 Å². The number of hydrogen-bond donors (Lipinski definition) is 0. The van der Waals surface area contributed by atoms with Crippen LogP contribution in [0.1, 0.15) is 17.2 Å². The summed E-state index contributed by atoms with van der Waals surface area (Å²) in [4.78, 5) is 12.1. The Hall–Kier alpha value is -1.36. The summed E-state index contributed by atoms with van der Waals surface area (Å²) in [7, 11) is 1.43. The third-order valence-electron chi connectivity index (χ3n) is 2.29. The average Bonchev–Trinajstić information content (AvgIpc) is 2.45. The molecule has 104 valence electrons. The smallest absolute Gasteiger partial charge is 0.320 e. The summed E-state index contributed by atoms with van der Waals surface area (Å²) in [6.45, 7) is 0. The average molecular weight is 331 g/mol. The highest BCUT2D eigenvalue weighted by atomic mass is 35.6. The van der Waals surface area contributed by atoms with Crippen LogP contribution in [0, 0.1) is 0 Å². The minimum atomic E-state index is -1.73. The van der Waals surface area contributed by atoms with Gasteiger partial charge in [-0.3, -0.25) is 0 Å². The van der Waals surface area contributed by atoms with E-state index in [2.05, 4.69) is 15.0 Å². The van der Waals surface area contributed by atoms with Crippen LogP contribution in [0.3, 0.4) is 0 Å². The molecule has 0 aliphatic rings. The molecule has 0 bridgehead atoms. The van der Waals surface area contributed by atoms with Crippen molar-refractivity contribution in [2.24, 2.45) is 0 Å². The monoisotopic (exact) mass is 329 g/mol. The summed E-state index contributed by atoms with van der Waals surface area (Å²) in [5.74, 6) is 0.365. The Bertz CT molecular complexity index is 612. The van der Waals surface area contributed by atoms with Gasteiger partial charge in [0.2, 0.25) is 3.79 Å². The fraction of sp³-hybridized carbons (Fsp3) is 0.154. The lowest BCUT2D eigenvalue weighted by Gasteiger charge is -2.10. The fourth-order valence-corrected chi connectivity index (χ4v) is 1.65. The van der Waals surface area contributed by atoms with Gasteiger partial charge in [0.05, 0.1) is 7.11 Å². The van der Waals surface area contributed by atoms with E-state index in [1.807, 2.05) is 36.4 Å². The van der Waals surface area contributed by atoms with Crippen LogP contribution in [0.15, 0.2) is 30.3 Å². The summed E-state index contributed by atoms with van der Waals surface area (Å²) >= 11 is 17.3. The van der Waals surface area contributed by atoms with Gasteiger partial charge in [0.25, 0.3) is 0 Å². The Morgan fingerprint density at radius 1 is 1.00 bits per heavy atom. The summed E-state index contributed by atoms with van der Waals surface area (Å²) in [6.07, 6.45) is 3.54. The van der Waals surface area contributed by atoms with Gasteiger partial charge in [-0.15, -0.1) is 0 Å². The highest BCUT2D eigenvalue weighted by Gasteiger charge is 2.28. The lowest BCUT2D eigenvalue weighted by atomic mass is 10.2. The van der Waals surface area contributed by atoms with Crippen LogP contribution >= 0.6 is 34.8 Å². The lowest BCUT2D eigenvalue weighted by molar-refractivity contribution is 0.375. The SMILES string of the molecule is COc1nc(C=Cc2ccccc2)nc(C(Cl)(Cl)Cl)n1. The number of alkyl halides is 3. The first-order valence-corrected chi connectivity index (χ1v) is 6.73. The Kier molecular flexibility index (Phi) is 4.81. The predicted octanol–water partition coefficient (Wildman–Crippen LogP) is 3.88. The van der Waals surface area contributed by atoms with E-state index in [-0.39, 0.29) is 11.8 Å². The van der Waals surface area contributed by atoms with Gasteiger partial charge < -0.3 is 4.74 Å². The van der Waals surface area contributed by atoms with Crippen molar-refractivity contribution in [3.63, 3.8) is 0 Å². The molecule has 0 atom stereocenters. The van der Waals surface area contributed by atoms with Gasteiger partial charge in [0.1, 0.15) is 0 Å². The number of aromatic nitrogens is 3. The quantitative estimate of drug-likeness (QED) is 0.801. The van der Waals surface area contributed by atoms with Crippen molar-refractivity contribution in [1.82, 2.24) is 15.0 Å². The number of halogens is 3. The van der Waals surface area contributed by atoms with E-state index in [1.165, 1.54) is 7.11 Å². The molecule has 20 heavy (non-hydrogen) atoms. The molecular weight excluding hydrogens is 321 g/mol. The molecule has 0 aliphatic carbocycles. The first kappa shape index (κ1) is 15.0. The third-order valence-corrected chi connectivity index (χ3v) is 2.80. The number of benzene rings is 1. The molecule has 1 heterocycles. The Balaban J connectivity index is 2.34. The van der Waals surface area contributed by atoms with Gasteiger partial charge in [-0.2, -0.15) is 9.97 Å². The second-order valence-corrected chi connectivity index (χ2v) is 6.03. The first-order chi connectivity index (χ1) is 9.49. The first-order valence-electron chi connectivity index (χ1n) is 5.59. The zero-order chi connectivity index (χ0) is 14.6. The van der Waals surface area contributed by atoms with Gasteiger partial charge in [-0.1, -0.05) is 71.2 Å². The molecule has 0 fully saturated rings. The van der Waals surface area contributed by atoms with E-state index < -0.39 is 3.79 Å². The number of methoxy groups -OCH3 is 1. The van der Waals surface area contributed by atoms with Crippen LogP contribution in [-0.2, 0) is 3.79 Å². The van der Waals surface area contributed by atoms with Crippen LogP contribution in [0.4, 0.5) is 0 Å². The molecule has 2 rings (SSSR count). The summed E-state index contributed by atoms with van der Waals surface area (Å²) in [5.41, 5.74) is 1.00. The molecule has 0 unspecified atom stereocenters. The van der Waals surface area contributed by atoms with Crippen molar-refractivity contribution in [2.75, 3.05) is 7.11 Å². The summed E-state index contributed by atoms with van der Waals surface area (Å²) in [6, 6.07) is 9.79. The highest BCUT2D eigenvalue weighted by molar-refractivity contribution is 6.66. The normalized spacial score (nSPS) is 11.8. The van der Waals surface area contributed by atoms with E-state index in [0.717, 1.165) is 5.56 Å². The molecule has 0 saturated carbocycles. The van der Waals surface area contributed by atoms with Crippen LogP contribution in [0.2, 0.25) is 0 Å². The summed E-state index contributed by atoms with van der Waals surface area (Å²) in [5, 5.41) is 0. The van der Waals surface area contributed by atoms with Gasteiger partial charge in [-0.05, 0) is 11.6 Å². The zero-order valence-corrected chi connectivity index (χ0v) is 12.7. The van der Waals surface area contributed by atoms with Crippen molar-refractivity contribution in [2.45, 2.75) is 3.79 Å². The van der Waals surface area contributed by atoms with Crippen molar-refractivity contribution in [3.05, 3.63) is 47.5 Å². The van der Waals surface area contributed by atoms with Gasteiger partial charge in [-0.25, -0.2) is 4.98 Å². The molecule has 1 aromatic heterocycles. The minimum Gasteiger partial charge on any atom is -0.467 e. The number of ether oxygens (including phenoxy) is 1. The standard InChI is InChI=1S/C13H10Cl3N3O/c1-20-12-18-10(17-11(19-12)13(14,15)16)8-7-9-5-3-2-4-6-9/h2-8H,1H3. The van der Waals surface area contributed by atoms with Crippen molar-refractivity contribution >= 4 is 47.0 Å². The molecule has 7 heteroatoms. The molecule has 0 spiro atoms. The van der Waals surface area contributed by atoms with Gasteiger partial charge >= 0.3 is 6.01 Å². The van der Waals surface area contributed by atoms with Crippen molar-refractivity contribution in [1.29, 1.82) is 0 Å². The molecule has 2 aromatic rings. The third kappa shape index (κ3) is 4.07. The van der Waals surface area contributed by atoms with Crippen molar-refractivity contribution in [3.8, 4) is 6.01 Å². The largest absolute Gasteiger partial charge is 0.467 e. The number of rotatable bonds is 3. The maximum absolute atomic E-state index is 5.78. The maximum Gasteiger partial charge on any atom is 0.320 e. The van der Waals surface area contributed by atoms with E-state index in [9.17, 15) is 0 Å². The second-order valence-electron chi connectivity index (χ2n) is 3.75. The van der Waals surface area contributed by atoms with Crippen LogP contribution in [-0.4, -0.2) is 22.1 Å². The molecular formula is C13H10Cl3N3O. The topological polar surface area (TPSA) is 47.9 Å². The second kappa shape index (κ2) is 6.39. The molecule has 0 N–H and O–H groups in total. The lowest BCUT2D eigenvalue weighted by Crippen LogP contribution is -2.11. The molecule has 4 nitrogen and oxygen atoms in total. The predicted molar refractivity (Wildman–Crippen MR) is 81.0 cm³/mol. The minimum absolute atomic E-state index is 0.0158. The molecule has 0 saturated heterocycles. The zero-order valence-electron chi connectivity index (χ0n) is 10.4. The maximum atomic E-state index is 5.78. The Morgan fingerprint density at radius 2 is 1.70 bits per heavy atom. The van der Waals surface area contributed by atoms with Crippen LogP contribution in [0.25, 0.3) is 12.2 Å². The Labute approximate surface area is 131 Å². The highest BCUT2D eigenvalue weighted by Crippen LogP contribution is 2.36. The van der Waals surface area contributed by atoms with E-state index in [4.69, 9.17) is 39.5 Å². The molecule has 1 aromatic carbocycles. The molecule has 0 amide bonds. The molecule has 0 radical (unpaired) electrons. The van der Waals surface area contributed by atoms with Gasteiger partial charge in [0, 0.05) is 0 Å². The van der Waals surface area contributed by atoms with Crippen molar-refractivity contribution < 1.29 is 4.74 Å². The molecule has 0 aliphatic heterocycles. The number of nitrogens with zero attached hydrogens (tertiary/aromatic N) is 3. The van der Waals surface area contributed by atoms with Crippen LogP contribution in [0.5, 0.6) is 6.01 Å². The fourth-order valence-electron chi connectivity index (χ4n) is 1.40. The van der Waals surface area contributed by atoms with Crippen LogP contribution < -0.4 is 4.74 Å². The van der Waals surface area contributed by atoms with Gasteiger partial charge in [0.15, 0.2) is 11.6 Å². The van der Waals surface area contributed by atoms with E-state index in [1.54, 1.807) is 6.08 Å². The number of hydrogen-bond acceptors (Lipinski definition) is 4.